The predicted octanol–water partition coefficient (Wildman–Crippen LogP) is 3.38. The van der Waals surface area contributed by atoms with Gasteiger partial charge in [-0.1, -0.05) is 96.1 Å². The average Bonchev–Trinajstić information content (AvgIpc) is 3.06. The Kier molecular flexibility index (Phi) is 12.5. The van der Waals surface area contributed by atoms with Crippen LogP contribution in [0.5, 0.6) is 0 Å². The first-order chi connectivity index (χ1) is 21.5. The Bertz CT molecular complexity index is 1360. The lowest BCUT2D eigenvalue weighted by molar-refractivity contribution is -0.276. The number of azide groups is 1. The standard InChI is InChI=1S/C31H34N4O9/c32-35-34-26-27(37)28(40-17-21-10-4-1-5-11-21)25(16-36)44-30(26)42-20-24(29(38)41-18-22-12-6-2-7-13-22)33-31(39)43-19-23-14-8-3-9-15-23/h1-15,24-28,30,36-37H,16-20H2,(H,33,39)/t24-,25+,26+,27+,28-,30?/m0/s1. The molecule has 1 aliphatic heterocycles. The predicted molar refractivity (Wildman–Crippen MR) is 155 cm³/mol. The van der Waals surface area contributed by atoms with Gasteiger partial charge in [0.15, 0.2) is 12.3 Å². The van der Waals surface area contributed by atoms with Crippen molar-refractivity contribution in [1.29, 1.82) is 0 Å². The van der Waals surface area contributed by atoms with E-state index in [-0.39, 0.29) is 19.8 Å². The largest absolute Gasteiger partial charge is 0.459 e. The number of rotatable bonds is 14. The fraction of sp³-hybridized carbons (Fsp3) is 0.355. The van der Waals surface area contributed by atoms with Crippen molar-refractivity contribution >= 4 is 12.1 Å². The van der Waals surface area contributed by atoms with E-state index >= 15 is 0 Å². The number of benzene rings is 3. The first-order valence-corrected chi connectivity index (χ1v) is 13.9. The number of aliphatic hydroxyl groups excluding tert-OH is 2. The molecule has 6 atom stereocenters. The molecule has 0 saturated carbocycles. The van der Waals surface area contributed by atoms with Gasteiger partial charge in [0.05, 0.1) is 25.9 Å². The van der Waals surface area contributed by atoms with Gasteiger partial charge in [0.1, 0.15) is 31.5 Å². The normalized spacial score (nSPS) is 21.8. The topological polar surface area (TPSA) is 182 Å². The van der Waals surface area contributed by atoms with E-state index in [1.54, 1.807) is 48.5 Å². The lowest BCUT2D eigenvalue weighted by atomic mass is 9.97. The molecule has 3 aromatic rings. The van der Waals surface area contributed by atoms with Crippen LogP contribution in [0.1, 0.15) is 16.7 Å². The molecule has 1 saturated heterocycles. The molecule has 0 bridgehead atoms. The van der Waals surface area contributed by atoms with E-state index in [9.17, 15) is 25.3 Å². The van der Waals surface area contributed by atoms with Gasteiger partial charge in [0.2, 0.25) is 0 Å². The van der Waals surface area contributed by atoms with Crippen molar-refractivity contribution < 1.29 is 43.5 Å². The minimum absolute atomic E-state index is 0.0429. The van der Waals surface area contributed by atoms with Gasteiger partial charge < -0.3 is 39.2 Å². The molecular weight excluding hydrogens is 572 g/mol. The second-order valence-electron chi connectivity index (χ2n) is 9.86. The molecule has 0 aromatic heterocycles. The third kappa shape index (κ3) is 9.51. The summed E-state index contributed by atoms with van der Waals surface area (Å²) in [5, 5.41) is 27.1. The number of aliphatic hydroxyl groups is 2. The van der Waals surface area contributed by atoms with E-state index in [0.717, 1.165) is 16.7 Å². The molecule has 3 N–H and O–H groups in total. The molecule has 1 heterocycles. The van der Waals surface area contributed by atoms with Crippen molar-refractivity contribution in [3.63, 3.8) is 0 Å². The van der Waals surface area contributed by atoms with Crippen LogP contribution in [0, 0.1) is 0 Å². The Morgan fingerprint density at radius 1 is 0.864 bits per heavy atom. The van der Waals surface area contributed by atoms with Crippen molar-refractivity contribution in [2.75, 3.05) is 13.2 Å². The Morgan fingerprint density at radius 2 is 1.41 bits per heavy atom. The lowest BCUT2D eigenvalue weighted by Crippen LogP contribution is -2.60. The summed E-state index contributed by atoms with van der Waals surface area (Å²) in [6, 6.07) is 24.4. The fourth-order valence-electron chi connectivity index (χ4n) is 4.44. The highest BCUT2D eigenvalue weighted by molar-refractivity contribution is 5.81. The van der Waals surface area contributed by atoms with Gasteiger partial charge in [-0.3, -0.25) is 0 Å². The summed E-state index contributed by atoms with van der Waals surface area (Å²) in [4.78, 5) is 28.5. The first kappa shape index (κ1) is 32.4. The molecule has 1 aliphatic rings. The summed E-state index contributed by atoms with van der Waals surface area (Å²) in [7, 11) is 0. The molecule has 0 aliphatic carbocycles. The van der Waals surface area contributed by atoms with Gasteiger partial charge in [0.25, 0.3) is 0 Å². The summed E-state index contributed by atoms with van der Waals surface area (Å²) in [6.45, 7) is -1.06. The molecule has 232 valence electrons. The van der Waals surface area contributed by atoms with Gasteiger partial charge in [-0.2, -0.15) is 0 Å². The van der Waals surface area contributed by atoms with Crippen LogP contribution in [-0.4, -0.2) is 72.2 Å². The number of nitrogens with zero attached hydrogens (tertiary/aromatic N) is 3. The molecule has 1 unspecified atom stereocenters. The Morgan fingerprint density at radius 3 is 1.95 bits per heavy atom. The highest BCUT2D eigenvalue weighted by Crippen LogP contribution is 2.28. The summed E-state index contributed by atoms with van der Waals surface area (Å²) < 4.78 is 28.1. The molecule has 44 heavy (non-hydrogen) atoms. The summed E-state index contributed by atoms with van der Waals surface area (Å²) in [5.41, 5.74) is 11.5. The van der Waals surface area contributed by atoms with Crippen LogP contribution in [0.25, 0.3) is 10.4 Å². The quantitative estimate of drug-likeness (QED) is 0.107. The third-order valence-electron chi connectivity index (χ3n) is 6.73. The second kappa shape index (κ2) is 17.0. The highest BCUT2D eigenvalue weighted by Gasteiger charge is 2.46. The maximum Gasteiger partial charge on any atom is 0.408 e. The van der Waals surface area contributed by atoms with Gasteiger partial charge in [-0.25, -0.2) is 9.59 Å². The number of amides is 1. The van der Waals surface area contributed by atoms with Gasteiger partial charge in [-0.05, 0) is 22.2 Å². The second-order valence-corrected chi connectivity index (χ2v) is 9.86. The number of hydrogen-bond acceptors (Lipinski definition) is 10. The van der Waals surface area contributed by atoms with E-state index < -0.39 is 62.0 Å². The number of nitrogens with one attached hydrogen (secondary N) is 1. The van der Waals surface area contributed by atoms with E-state index in [2.05, 4.69) is 15.3 Å². The van der Waals surface area contributed by atoms with E-state index in [1.165, 1.54) is 0 Å². The average molecular weight is 607 g/mol. The maximum atomic E-state index is 13.1. The first-order valence-electron chi connectivity index (χ1n) is 13.9. The molecule has 13 heteroatoms. The van der Waals surface area contributed by atoms with Crippen molar-refractivity contribution in [2.24, 2.45) is 5.11 Å². The molecule has 1 fully saturated rings. The zero-order chi connectivity index (χ0) is 31.1. The molecular formula is C31H34N4O9. The fourth-order valence-corrected chi connectivity index (χ4v) is 4.44. The molecule has 0 radical (unpaired) electrons. The third-order valence-corrected chi connectivity index (χ3v) is 6.73. The van der Waals surface area contributed by atoms with Crippen molar-refractivity contribution in [1.82, 2.24) is 5.32 Å². The number of carbonyl (C=O) groups excluding carboxylic acids is 2. The number of alkyl carbamates (subject to hydrolysis) is 1. The van der Waals surface area contributed by atoms with Crippen LogP contribution in [0.3, 0.4) is 0 Å². The van der Waals surface area contributed by atoms with E-state index in [1.807, 2.05) is 42.5 Å². The number of carbonyl (C=O) groups is 2. The zero-order valence-corrected chi connectivity index (χ0v) is 23.8. The summed E-state index contributed by atoms with van der Waals surface area (Å²) >= 11 is 0. The minimum Gasteiger partial charge on any atom is -0.459 e. The van der Waals surface area contributed by atoms with Crippen molar-refractivity contribution in [3.8, 4) is 0 Å². The maximum absolute atomic E-state index is 13.1. The summed E-state index contributed by atoms with van der Waals surface area (Å²) in [6.07, 6.45) is -5.86. The smallest absolute Gasteiger partial charge is 0.408 e. The molecule has 4 rings (SSSR count). The molecule has 13 nitrogen and oxygen atoms in total. The number of esters is 1. The van der Waals surface area contributed by atoms with Crippen LogP contribution in [-0.2, 0) is 48.3 Å². The van der Waals surface area contributed by atoms with E-state index in [4.69, 9.17) is 23.7 Å². The van der Waals surface area contributed by atoms with Crippen LogP contribution >= 0.6 is 0 Å². The van der Waals surface area contributed by atoms with Crippen LogP contribution in [0.2, 0.25) is 0 Å². The Hall–Kier alpha value is -4.49. The summed E-state index contributed by atoms with van der Waals surface area (Å²) in [5.74, 6) is -0.829. The lowest BCUT2D eigenvalue weighted by Gasteiger charge is -2.42. The van der Waals surface area contributed by atoms with Crippen molar-refractivity contribution in [2.45, 2.75) is 56.5 Å². The molecule has 3 aromatic carbocycles. The highest BCUT2D eigenvalue weighted by atomic mass is 16.7. The Labute approximate surface area is 253 Å². The number of hydrogen-bond donors (Lipinski definition) is 3. The zero-order valence-electron chi connectivity index (χ0n) is 23.8. The molecule has 1 amide bonds. The van der Waals surface area contributed by atoms with Gasteiger partial charge in [-0.15, -0.1) is 0 Å². The number of ether oxygens (including phenoxy) is 5. The molecule has 0 spiro atoms. The van der Waals surface area contributed by atoms with Gasteiger partial charge >= 0.3 is 12.1 Å². The van der Waals surface area contributed by atoms with Gasteiger partial charge in [0, 0.05) is 4.91 Å². The minimum atomic E-state index is -1.43. The van der Waals surface area contributed by atoms with Crippen LogP contribution in [0.4, 0.5) is 4.79 Å². The van der Waals surface area contributed by atoms with Crippen LogP contribution in [0.15, 0.2) is 96.1 Å². The monoisotopic (exact) mass is 606 g/mol. The van der Waals surface area contributed by atoms with Crippen molar-refractivity contribution in [3.05, 3.63) is 118 Å². The van der Waals surface area contributed by atoms with E-state index in [0.29, 0.717) is 0 Å². The Balaban J connectivity index is 1.42. The van der Waals surface area contributed by atoms with Crippen LogP contribution < -0.4 is 5.32 Å². The SMILES string of the molecule is [N-]=[N+]=N[C@H]1C(OC[C@H](NC(=O)OCc2ccccc2)C(=O)OCc2ccccc2)O[C@H](CO)[C@H](OCc2ccccc2)[C@@H]1O.